The third-order valence-corrected chi connectivity index (χ3v) is 3.38. The van der Waals surface area contributed by atoms with Crippen molar-refractivity contribution in [2.24, 2.45) is 0 Å². The number of halogens is 1. The Morgan fingerprint density at radius 2 is 2.19 bits per heavy atom. The van der Waals surface area contributed by atoms with Gasteiger partial charge in [0.1, 0.15) is 12.4 Å². The van der Waals surface area contributed by atoms with E-state index in [9.17, 15) is 4.79 Å². The number of rotatable bonds is 5. The number of amides is 1. The number of para-hydroxylation sites is 1. The quantitative estimate of drug-likeness (QED) is 0.886. The largest absolute Gasteiger partial charge is 0.490 e. The summed E-state index contributed by atoms with van der Waals surface area (Å²) in [6.07, 6.45) is 0. The topological polar surface area (TPSA) is 84.2 Å². The smallest absolute Gasteiger partial charge is 0.276 e. The molecule has 0 unspecified atom stereocenters. The lowest BCUT2D eigenvalue weighted by atomic mass is 10.3. The van der Waals surface area contributed by atoms with E-state index in [0.29, 0.717) is 35.3 Å². The second-order valence-electron chi connectivity index (χ2n) is 4.62. The summed E-state index contributed by atoms with van der Waals surface area (Å²) in [4.78, 5) is 13.7. The summed E-state index contributed by atoms with van der Waals surface area (Å²) in [6, 6.07) is 7.19. The van der Waals surface area contributed by atoms with E-state index >= 15 is 0 Å². The Hall–Kier alpha value is -2.21. The molecule has 112 valence electrons. The molecule has 0 saturated heterocycles. The highest BCUT2D eigenvalue weighted by atomic mass is 35.5. The van der Waals surface area contributed by atoms with Gasteiger partial charge in [-0.05, 0) is 19.1 Å². The SMILES string of the molecule is Cc1[nH]nc(C(=O)N(C)CCOc2ccccc2Cl)c1N. The monoisotopic (exact) mass is 308 g/mol. The van der Waals surface area contributed by atoms with Gasteiger partial charge in [0.15, 0.2) is 5.69 Å². The van der Waals surface area contributed by atoms with Gasteiger partial charge in [0, 0.05) is 7.05 Å². The van der Waals surface area contributed by atoms with Crippen molar-refractivity contribution in [3.8, 4) is 5.75 Å². The summed E-state index contributed by atoms with van der Waals surface area (Å²) >= 11 is 5.99. The molecule has 0 aliphatic rings. The number of carbonyl (C=O) groups excluding carboxylic acids is 1. The van der Waals surface area contributed by atoms with E-state index in [4.69, 9.17) is 22.1 Å². The van der Waals surface area contributed by atoms with E-state index in [1.807, 2.05) is 12.1 Å². The number of hydrogen-bond donors (Lipinski definition) is 2. The minimum absolute atomic E-state index is 0.229. The number of aryl methyl sites for hydroxylation is 1. The maximum Gasteiger partial charge on any atom is 0.276 e. The summed E-state index contributed by atoms with van der Waals surface area (Å²) in [5, 5.41) is 7.14. The highest BCUT2D eigenvalue weighted by Gasteiger charge is 2.19. The molecule has 6 nitrogen and oxygen atoms in total. The summed E-state index contributed by atoms with van der Waals surface area (Å²) in [7, 11) is 1.67. The molecule has 0 aliphatic carbocycles. The van der Waals surface area contributed by atoms with Crippen LogP contribution in [-0.4, -0.2) is 41.2 Å². The predicted molar refractivity (Wildman–Crippen MR) is 81.6 cm³/mol. The maximum atomic E-state index is 12.2. The lowest BCUT2D eigenvalue weighted by Crippen LogP contribution is -2.31. The summed E-state index contributed by atoms with van der Waals surface area (Å²) in [5.74, 6) is 0.342. The Bertz CT molecular complexity index is 642. The van der Waals surface area contributed by atoms with Crippen molar-refractivity contribution in [1.29, 1.82) is 0 Å². The van der Waals surface area contributed by atoms with Gasteiger partial charge in [0.05, 0.1) is 22.9 Å². The number of carbonyl (C=O) groups is 1. The van der Waals surface area contributed by atoms with Gasteiger partial charge in [-0.25, -0.2) is 0 Å². The first-order chi connectivity index (χ1) is 10.0. The van der Waals surface area contributed by atoms with Gasteiger partial charge >= 0.3 is 0 Å². The van der Waals surface area contributed by atoms with Crippen LogP contribution in [0.15, 0.2) is 24.3 Å². The van der Waals surface area contributed by atoms with Crippen molar-refractivity contribution < 1.29 is 9.53 Å². The van der Waals surface area contributed by atoms with Crippen LogP contribution in [0.4, 0.5) is 5.69 Å². The Kier molecular flexibility index (Phi) is 4.70. The number of likely N-dealkylation sites (N-methyl/N-ethyl adjacent to an activating group) is 1. The van der Waals surface area contributed by atoms with Crippen molar-refractivity contribution in [3.05, 3.63) is 40.7 Å². The number of H-pyrrole nitrogens is 1. The number of benzene rings is 1. The van der Waals surface area contributed by atoms with Crippen molar-refractivity contribution in [2.75, 3.05) is 25.9 Å². The summed E-state index contributed by atoms with van der Waals surface area (Å²) < 4.78 is 5.54. The molecule has 1 amide bonds. The van der Waals surface area contributed by atoms with Crippen LogP contribution < -0.4 is 10.5 Å². The van der Waals surface area contributed by atoms with Crippen molar-refractivity contribution in [3.63, 3.8) is 0 Å². The van der Waals surface area contributed by atoms with Crippen LogP contribution in [0.2, 0.25) is 5.02 Å². The zero-order valence-electron chi connectivity index (χ0n) is 11.9. The number of aromatic amines is 1. The lowest BCUT2D eigenvalue weighted by Gasteiger charge is -2.17. The summed E-state index contributed by atoms with van der Waals surface area (Å²) in [5.41, 5.74) is 7.07. The number of nitrogens with zero attached hydrogens (tertiary/aromatic N) is 2. The van der Waals surface area contributed by atoms with Crippen molar-refractivity contribution in [1.82, 2.24) is 15.1 Å². The van der Waals surface area contributed by atoms with Gasteiger partial charge in [-0.15, -0.1) is 0 Å². The zero-order valence-corrected chi connectivity index (χ0v) is 12.6. The average Bonchev–Trinajstić information content (AvgIpc) is 2.80. The fraction of sp³-hybridized carbons (Fsp3) is 0.286. The van der Waals surface area contributed by atoms with Crippen LogP contribution in [0, 0.1) is 6.92 Å². The third kappa shape index (κ3) is 3.46. The van der Waals surface area contributed by atoms with Gasteiger partial charge in [0.2, 0.25) is 0 Å². The number of ether oxygens (including phenoxy) is 1. The number of nitrogens with two attached hydrogens (primary N) is 1. The zero-order chi connectivity index (χ0) is 15.4. The first-order valence-corrected chi connectivity index (χ1v) is 6.81. The Labute approximate surface area is 127 Å². The van der Waals surface area contributed by atoms with E-state index < -0.39 is 0 Å². The van der Waals surface area contributed by atoms with Crippen LogP contribution in [0.25, 0.3) is 0 Å². The Balaban J connectivity index is 1.90. The van der Waals surface area contributed by atoms with Gasteiger partial charge in [-0.2, -0.15) is 5.10 Å². The molecule has 1 aromatic carbocycles. The molecule has 0 aliphatic heterocycles. The normalized spacial score (nSPS) is 10.4. The van der Waals surface area contributed by atoms with Gasteiger partial charge < -0.3 is 15.4 Å². The molecular formula is C14H17ClN4O2. The molecule has 0 saturated carbocycles. The number of aromatic nitrogens is 2. The minimum Gasteiger partial charge on any atom is -0.490 e. The van der Waals surface area contributed by atoms with Crippen LogP contribution >= 0.6 is 11.6 Å². The Morgan fingerprint density at radius 3 is 2.81 bits per heavy atom. The highest BCUT2D eigenvalue weighted by Crippen LogP contribution is 2.23. The van der Waals surface area contributed by atoms with E-state index in [0.717, 1.165) is 0 Å². The van der Waals surface area contributed by atoms with Gasteiger partial charge in [-0.3, -0.25) is 9.89 Å². The molecule has 0 atom stereocenters. The van der Waals surface area contributed by atoms with Crippen molar-refractivity contribution in [2.45, 2.75) is 6.92 Å². The highest BCUT2D eigenvalue weighted by molar-refractivity contribution is 6.32. The molecule has 1 heterocycles. The van der Waals surface area contributed by atoms with E-state index in [1.54, 1.807) is 26.1 Å². The second-order valence-corrected chi connectivity index (χ2v) is 5.02. The second kappa shape index (κ2) is 6.49. The minimum atomic E-state index is -0.250. The molecule has 7 heteroatoms. The average molecular weight is 309 g/mol. The molecule has 2 aromatic rings. The molecule has 0 fully saturated rings. The first kappa shape index (κ1) is 15.2. The van der Waals surface area contributed by atoms with E-state index in [-0.39, 0.29) is 11.6 Å². The molecule has 0 bridgehead atoms. The van der Waals surface area contributed by atoms with Crippen LogP contribution in [-0.2, 0) is 0 Å². The van der Waals surface area contributed by atoms with Gasteiger partial charge in [0.25, 0.3) is 5.91 Å². The van der Waals surface area contributed by atoms with E-state index in [2.05, 4.69) is 10.2 Å². The number of nitrogens with one attached hydrogen (secondary N) is 1. The molecule has 21 heavy (non-hydrogen) atoms. The molecule has 3 N–H and O–H groups in total. The van der Waals surface area contributed by atoms with Gasteiger partial charge in [-0.1, -0.05) is 23.7 Å². The number of hydrogen-bond acceptors (Lipinski definition) is 4. The first-order valence-electron chi connectivity index (χ1n) is 6.44. The van der Waals surface area contributed by atoms with Crippen LogP contribution in [0.5, 0.6) is 5.75 Å². The van der Waals surface area contributed by atoms with Crippen molar-refractivity contribution >= 4 is 23.2 Å². The molecule has 2 rings (SSSR count). The third-order valence-electron chi connectivity index (χ3n) is 3.06. The molecule has 0 radical (unpaired) electrons. The predicted octanol–water partition coefficient (Wildman–Crippen LogP) is 2.10. The van der Waals surface area contributed by atoms with Crippen LogP contribution in [0.3, 0.4) is 0 Å². The molecule has 1 aromatic heterocycles. The number of nitrogen functional groups attached to an aromatic ring is 1. The van der Waals surface area contributed by atoms with Crippen LogP contribution in [0.1, 0.15) is 16.2 Å². The fourth-order valence-corrected chi connectivity index (χ4v) is 1.93. The fourth-order valence-electron chi connectivity index (χ4n) is 1.74. The number of anilines is 1. The molecule has 0 spiro atoms. The lowest BCUT2D eigenvalue weighted by molar-refractivity contribution is 0.0769. The Morgan fingerprint density at radius 1 is 1.48 bits per heavy atom. The standard InChI is InChI=1S/C14H17ClN4O2/c1-9-12(16)13(18-17-9)14(20)19(2)7-8-21-11-6-4-3-5-10(11)15/h3-6H,7-8,16H2,1-2H3,(H,17,18). The van der Waals surface area contributed by atoms with E-state index in [1.165, 1.54) is 4.90 Å². The molecular weight excluding hydrogens is 292 g/mol. The maximum absolute atomic E-state index is 12.2. The summed E-state index contributed by atoms with van der Waals surface area (Å²) in [6.45, 7) is 2.49.